The van der Waals surface area contributed by atoms with Crippen LogP contribution in [-0.4, -0.2) is 97.5 Å². The molecule has 0 bridgehead atoms. The maximum atomic E-state index is 11.9. The van der Waals surface area contributed by atoms with Gasteiger partial charge in [-0.25, -0.2) is 4.18 Å². The minimum atomic E-state index is -5.04. The first kappa shape index (κ1) is 47.3. The summed E-state index contributed by atoms with van der Waals surface area (Å²) in [6.45, 7) is 3.34. The number of rotatable bonds is 32. The second-order valence-electron chi connectivity index (χ2n) is 13.1. The van der Waals surface area contributed by atoms with E-state index in [1.165, 1.54) is 77.0 Å². The van der Waals surface area contributed by atoms with E-state index < -0.39 is 59.8 Å². The lowest BCUT2D eigenvalue weighted by atomic mass is 9.99. The predicted octanol–water partition coefficient (Wildman–Crippen LogP) is 6.68. The zero-order chi connectivity index (χ0) is 37.6. The molecule has 0 spiro atoms. The van der Waals surface area contributed by atoms with Crippen LogP contribution in [0.1, 0.15) is 136 Å². The van der Waals surface area contributed by atoms with E-state index in [9.17, 15) is 28.5 Å². The molecule has 1 aliphatic heterocycles. The number of unbranched alkanes of at least 4 members (excludes halogenated alkanes) is 14. The third-order valence-electron chi connectivity index (χ3n) is 8.57. The fourth-order valence-electron chi connectivity index (χ4n) is 5.59. The summed E-state index contributed by atoms with van der Waals surface area (Å²) in [4.78, 5) is 11.9. The quantitative estimate of drug-likeness (QED) is 0.0249. The van der Waals surface area contributed by atoms with Crippen molar-refractivity contribution in [1.29, 1.82) is 0 Å². The van der Waals surface area contributed by atoms with E-state index in [1.807, 2.05) is 0 Å². The van der Waals surface area contributed by atoms with Gasteiger partial charge in [0.05, 0.1) is 19.8 Å². The molecule has 6 unspecified atom stereocenters. The minimum absolute atomic E-state index is 0.0222. The molecular weight excluding hydrogens is 680 g/mol. The Hall–Kier alpha value is -1.68. The third kappa shape index (κ3) is 25.1. The molecule has 4 N–H and O–H groups in total. The summed E-state index contributed by atoms with van der Waals surface area (Å²) in [6, 6.07) is 0. The molecule has 0 amide bonds. The Morgan fingerprint density at radius 1 is 0.745 bits per heavy atom. The van der Waals surface area contributed by atoms with Gasteiger partial charge >= 0.3 is 16.4 Å². The van der Waals surface area contributed by atoms with E-state index in [0.29, 0.717) is 6.61 Å². The number of carbonyl (C=O) groups is 1. The summed E-state index contributed by atoms with van der Waals surface area (Å²) < 4.78 is 57.7. The molecule has 1 heterocycles. The summed E-state index contributed by atoms with van der Waals surface area (Å²) in [5.41, 5.74) is 0. The van der Waals surface area contributed by atoms with Gasteiger partial charge in [-0.05, 0) is 44.9 Å². The van der Waals surface area contributed by atoms with Gasteiger partial charge < -0.3 is 34.3 Å². The second-order valence-corrected chi connectivity index (χ2v) is 14.2. The van der Waals surface area contributed by atoms with Crippen LogP contribution in [0.15, 0.2) is 36.5 Å². The maximum Gasteiger partial charge on any atom is 0.397 e. The summed E-state index contributed by atoms with van der Waals surface area (Å²) >= 11 is 0. The molecule has 0 aromatic carbocycles. The molecule has 1 rings (SSSR count). The molecule has 1 aliphatic rings. The van der Waals surface area contributed by atoms with Crippen molar-refractivity contribution in [3.05, 3.63) is 36.5 Å². The van der Waals surface area contributed by atoms with E-state index >= 15 is 0 Å². The van der Waals surface area contributed by atoms with Gasteiger partial charge in [-0.2, -0.15) is 8.42 Å². The summed E-state index contributed by atoms with van der Waals surface area (Å²) in [6.07, 6.45) is 26.0. The Morgan fingerprint density at radius 3 is 1.80 bits per heavy atom. The lowest BCUT2D eigenvalue weighted by Crippen LogP contribution is -2.60. The van der Waals surface area contributed by atoms with Crippen molar-refractivity contribution in [2.45, 2.75) is 173 Å². The van der Waals surface area contributed by atoms with Gasteiger partial charge in [0.15, 0.2) is 6.29 Å². The number of hydrogen-bond acceptors (Lipinski definition) is 11. The number of esters is 1. The zero-order valence-electron chi connectivity index (χ0n) is 31.2. The molecule has 1 fully saturated rings. The Balaban J connectivity index is 2.12. The van der Waals surface area contributed by atoms with Gasteiger partial charge in [0.1, 0.15) is 30.5 Å². The SMILES string of the molecule is CCCCCCC/C=C\C/C=C\C/C=C\CCCCCCCCCCCOCC(COC1OC(CO)C(O)C(OS(=O)(=O)O)C1O)OC(=O)CC. The van der Waals surface area contributed by atoms with E-state index in [0.717, 1.165) is 38.5 Å². The van der Waals surface area contributed by atoms with Gasteiger partial charge in [0.25, 0.3) is 0 Å². The Morgan fingerprint density at radius 2 is 1.27 bits per heavy atom. The number of allylic oxidation sites excluding steroid dienone is 6. The Bertz CT molecular complexity index is 1050. The summed E-state index contributed by atoms with van der Waals surface area (Å²) in [5, 5.41) is 30.1. The second kappa shape index (κ2) is 30.7. The Kier molecular flexibility index (Phi) is 28.5. The van der Waals surface area contributed by atoms with Crippen LogP contribution in [0.2, 0.25) is 0 Å². The maximum absolute atomic E-state index is 11.9. The van der Waals surface area contributed by atoms with E-state index in [-0.39, 0.29) is 19.6 Å². The van der Waals surface area contributed by atoms with Crippen molar-refractivity contribution < 1.29 is 56.2 Å². The largest absolute Gasteiger partial charge is 0.457 e. The van der Waals surface area contributed by atoms with E-state index in [4.69, 9.17) is 23.5 Å². The van der Waals surface area contributed by atoms with Crippen LogP contribution in [0.5, 0.6) is 0 Å². The molecule has 0 aromatic rings. The van der Waals surface area contributed by atoms with Crippen molar-refractivity contribution in [2.75, 3.05) is 26.4 Å². The molecule has 0 saturated carbocycles. The lowest BCUT2D eigenvalue weighted by Gasteiger charge is -2.41. The van der Waals surface area contributed by atoms with Gasteiger partial charge in [-0.3, -0.25) is 9.35 Å². The number of carbonyl (C=O) groups excluding carboxylic acids is 1. The van der Waals surface area contributed by atoms with Crippen molar-refractivity contribution in [3.8, 4) is 0 Å². The average molecular weight is 749 g/mol. The molecule has 13 heteroatoms. The highest BCUT2D eigenvalue weighted by Crippen LogP contribution is 2.26. The van der Waals surface area contributed by atoms with E-state index in [2.05, 4.69) is 47.6 Å². The minimum Gasteiger partial charge on any atom is -0.457 e. The molecule has 0 aromatic heterocycles. The van der Waals surface area contributed by atoms with Crippen molar-refractivity contribution >= 4 is 16.4 Å². The van der Waals surface area contributed by atoms with Crippen LogP contribution >= 0.6 is 0 Å². The van der Waals surface area contributed by atoms with E-state index in [1.54, 1.807) is 6.92 Å². The first-order valence-corrected chi connectivity index (χ1v) is 20.6. The van der Waals surface area contributed by atoms with Gasteiger partial charge in [0, 0.05) is 13.0 Å². The Labute approximate surface area is 307 Å². The zero-order valence-corrected chi connectivity index (χ0v) is 32.0. The molecule has 51 heavy (non-hydrogen) atoms. The number of aliphatic hydroxyl groups is 3. The number of ether oxygens (including phenoxy) is 4. The van der Waals surface area contributed by atoms with Crippen LogP contribution in [-0.2, 0) is 38.3 Å². The first-order valence-electron chi connectivity index (χ1n) is 19.2. The van der Waals surface area contributed by atoms with Crippen molar-refractivity contribution in [2.24, 2.45) is 0 Å². The van der Waals surface area contributed by atoms with Crippen molar-refractivity contribution in [3.63, 3.8) is 0 Å². The molecule has 12 nitrogen and oxygen atoms in total. The molecule has 0 radical (unpaired) electrons. The van der Waals surface area contributed by atoms with Crippen LogP contribution in [0.3, 0.4) is 0 Å². The number of hydrogen-bond donors (Lipinski definition) is 4. The van der Waals surface area contributed by atoms with Gasteiger partial charge in [-0.1, -0.05) is 121 Å². The highest BCUT2D eigenvalue weighted by atomic mass is 32.3. The third-order valence-corrected chi connectivity index (χ3v) is 9.04. The summed E-state index contributed by atoms with van der Waals surface area (Å²) in [5.74, 6) is -0.490. The predicted molar refractivity (Wildman–Crippen MR) is 197 cm³/mol. The smallest absolute Gasteiger partial charge is 0.397 e. The van der Waals surface area contributed by atoms with Crippen LogP contribution in [0, 0.1) is 0 Å². The average Bonchev–Trinajstić information content (AvgIpc) is 3.10. The monoisotopic (exact) mass is 748 g/mol. The fraction of sp³-hybridized carbons (Fsp3) is 0.816. The van der Waals surface area contributed by atoms with Crippen LogP contribution in [0.4, 0.5) is 0 Å². The van der Waals surface area contributed by atoms with Crippen LogP contribution < -0.4 is 0 Å². The highest BCUT2D eigenvalue weighted by molar-refractivity contribution is 7.80. The van der Waals surface area contributed by atoms with Gasteiger partial charge in [0.2, 0.25) is 0 Å². The fourth-order valence-corrected chi connectivity index (χ4v) is 6.10. The normalized spacial score (nSPS) is 22.0. The summed E-state index contributed by atoms with van der Waals surface area (Å²) in [7, 11) is -5.04. The van der Waals surface area contributed by atoms with Gasteiger partial charge in [-0.15, -0.1) is 0 Å². The standard InChI is InChI=1S/C38H68O12S/c1-3-5-6-7-8-9-10-11-12-13-14-15-16-17-18-19-20-21-22-23-24-25-26-27-28-46-30-32(48-34(40)4-2)31-47-38-36(42)37(50-51(43,44)45)35(41)33(29-39)49-38/h10-11,13-14,16-17,32-33,35-39,41-42H,3-9,12,15,18-31H2,1-2H3,(H,43,44,45)/b11-10-,14-13-,17-16-. The van der Waals surface area contributed by atoms with Crippen molar-refractivity contribution in [1.82, 2.24) is 0 Å². The topological polar surface area (TPSA) is 178 Å². The highest BCUT2D eigenvalue weighted by Gasteiger charge is 2.48. The first-order chi connectivity index (χ1) is 24.6. The molecule has 298 valence electrons. The molecule has 0 aliphatic carbocycles. The molecule has 1 saturated heterocycles. The van der Waals surface area contributed by atoms with Crippen LogP contribution in [0.25, 0.3) is 0 Å². The molecular formula is C38H68O12S. The lowest BCUT2D eigenvalue weighted by molar-refractivity contribution is -0.301. The number of aliphatic hydroxyl groups excluding tert-OH is 3. The molecule has 6 atom stereocenters.